The van der Waals surface area contributed by atoms with Gasteiger partial charge in [-0.25, -0.2) is 0 Å². The number of amides is 2. The fourth-order valence-corrected chi connectivity index (χ4v) is 2.92. The van der Waals surface area contributed by atoms with Crippen LogP contribution in [-0.2, 0) is 9.59 Å². The van der Waals surface area contributed by atoms with Gasteiger partial charge in [0, 0.05) is 6.54 Å². The van der Waals surface area contributed by atoms with E-state index >= 15 is 0 Å². The van der Waals surface area contributed by atoms with E-state index in [9.17, 15) is 9.59 Å². The Balaban J connectivity index is 2.87. The number of hydrogen-bond donors (Lipinski definition) is 1. The number of nitrogens with one attached hydrogen (secondary N) is 1. The van der Waals surface area contributed by atoms with E-state index in [4.69, 9.17) is 0 Å². The van der Waals surface area contributed by atoms with Gasteiger partial charge in [0.15, 0.2) is 0 Å². The zero-order valence-corrected chi connectivity index (χ0v) is 13.4. The molecule has 0 aromatic rings. The van der Waals surface area contributed by atoms with E-state index < -0.39 is 0 Å². The van der Waals surface area contributed by atoms with E-state index in [1.165, 1.54) is 0 Å². The Hall–Kier alpha value is -0.710. The Morgan fingerprint density at radius 2 is 1.84 bits per heavy atom. The molecule has 0 aromatic carbocycles. The van der Waals surface area contributed by atoms with Crippen LogP contribution in [0.15, 0.2) is 0 Å². The summed E-state index contributed by atoms with van der Waals surface area (Å²) in [6.07, 6.45) is 3.00. The van der Waals surface area contributed by atoms with Gasteiger partial charge in [-0.1, -0.05) is 27.7 Å². The van der Waals surface area contributed by atoms with Crippen LogP contribution < -0.4 is 5.32 Å². The minimum atomic E-state index is -0.364. The second kappa shape index (κ2) is 7.17. The van der Waals surface area contributed by atoms with E-state index in [-0.39, 0.29) is 35.7 Å². The summed E-state index contributed by atoms with van der Waals surface area (Å²) in [6.45, 7) is 8.61. The van der Waals surface area contributed by atoms with Crippen LogP contribution >= 0.6 is 11.8 Å². The summed E-state index contributed by atoms with van der Waals surface area (Å²) in [5.74, 6) is 1.37. The van der Waals surface area contributed by atoms with E-state index in [0.29, 0.717) is 6.54 Å². The van der Waals surface area contributed by atoms with Crippen molar-refractivity contribution in [3.8, 4) is 0 Å². The van der Waals surface area contributed by atoms with E-state index in [1.54, 1.807) is 16.7 Å². The van der Waals surface area contributed by atoms with Crippen molar-refractivity contribution in [1.29, 1.82) is 0 Å². The van der Waals surface area contributed by atoms with Gasteiger partial charge >= 0.3 is 0 Å². The molecule has 0 aliphatic carbocycles. The molecular weight excluding hydrogens is 260 g/mol. The maximum absolute atomic E-state index is 12.5. The van der Waals surface area contributed by atoms with Gasteiger partial charge in [-0.2, -0.15) is 11.8 Å². The highest BCUT2D eigenvalue weighted by Gasteiger charge is 2.42. The lowest BCUT2D eigenvalue weighted by Gasteiger charge is -2.42. The molecule has 1 fully saturated rings. The van der Waals surface area contributed by atoms with Crippen molar-refractivity contribution in [1.82, 2.24) is 10.2 Å². The largest absolute Gasteiger partial charge is 0.342 e. The van der Waals surface area contributed by atoms with Crippen molar-refractivity contribution < 1.29 is 9.59 Å². The molecule has 4 nitrogen and oxygen atoms in total. The number of rotatable bonds is 6. The Morgan fingerprint density at radius 1 is 1.21 bits per heavy atom. The topological polar surface area (TPSA) is 49.4 Å². The summed E-state index contributed by atoms with van der Waals surface area (Å²) < 4.78 is 0. The van der Waals surface area contributed by atoms with Gasteiger partial charge in [0.1, 0.15) is 12.1 Å². The molecule has 0 radical (unpaired) electrons. The molecule has 110 valence electrons. The van der Waals surface area contributed by atoms with Crippen molar-refractivity contribution >= 4 is 23.6 Å². The molecule has 2 amide bonds. The molecule has 0 spiro atoms. The maximum atomic E-state index is 12.5. The van der Waals surface area contributed by atoms with Crippen molar-refractivity contribution in [2.75, 3.05) is 18.6 Å². The molecule has 2 atom stereocenters. The Labute approximate surface area is 120 Å². The van der Waals surface area contributed by atoms with Gasteiger partial charge in [-0.3, -0.25) is 9.59 Å². The first-order valence-electron chi connectivity index (χ1n) is 7.00. The molecule has 1 aliphatic rings. The molecule has 0 aromatic heterocycles. The lowest BCUT2D eigenvalue weighted by atomic mass is 9.93. The molecule has 1 saturated heterocycles. The molecule has 1 N–H and O–H groups in total. The second-order valence-corrected chi connectivity index (χ2v) is 6.78. The molecule has 0 saturated carbocycles. The van der Waals surface area contributed by atoms with Crippen LogP contribution in [-0.4, -0.2) is 47.4 Å². The SMILES string of the molecule is CSCCCN1C(=O)C(C(C)C)NC(=O)C1C(C)C. The molecule has 0 bridgehead atoms. The van der Waals surface area contributed by atoms with Crippen molar-refractivity contribution in [3.63, 3.8) is 0 Å². The van der Waals surface area contributed by atoms with Gasteiger partial charge in [0.25, 0.3) is 0 Å². The van der Waals surface area contributed by atoms with Crippen molar-refractivity contribution in [3.05, 3.63) is 0 Å². The van der Waals surface area contributed by atoms with E-state index in [2.05, 4.69) is 11.6 Å². The number of piperazine rings is 1. The number of carbonyl (C=O) groups excluding carboxylic acids is 2. The van der Waals surface area contributed by atoms with Gasteiger partial charge in [0.05, 0.1) is 0 Å². The van der Waals surface area contributed by atoms with Crippen LogP contribution in [0.25, 0.3) is 0 Å². The monoisotopic (exact) mass is 286 g/mol. The highest BCUT2D eigenvalue weighted by molar-refractivity contribution is 7.98. The number of hydrogen-bond acceptors (Lipinski definition) is 3. The third-order valence-electron chi connectivity index (χ3n) is 3.50. The fourth-order valence-electron chi connectivity index (χ4n) is 2.50. The Morgan fingerprint density at radius 3 is 2.32 bits per heavy atom. The third kappa shape index (κ3) is 3.88. The summed E-state index contributed by atoms with van der Waals surface area (Å²) in [5, 5.41) is 2.88. The van der Waals surface area contributed by atoms with Crippen LogP contribution in [0.5, 0.6) is 0 Å². The average Bonchev–Trinajstić information content (AvgIpc) is 2.32. The molecule has 19 heavy (non-hydrogen) atoms. The summed E-state index contributed by atoms with van der Waals surface area (Å²) in [6, 6.07) is -0.680. The molecule has 1 heterocycles. The van der Waals surface area contributed by atoms with Crippen molar-refractivity contribution in [2.45, 2.75) is 46.2 Å². The predicted octanol–water partition coefficient (Wildman–Crippen LogP) is 1.75. The number of thioether (sulfide) groups is 1. The second-order valence-electron chi connectivity index (χ2n) is 5.80. The van der Waals surface area contributed by atoms with Crippen LogP contribution in [0, 0.1) is 11.8 Å². The summed E-state index contributed by atoms with van der Waals surface area (Å²) in [5.41, 5.74) is 0. The average molecular weight is 286 g/mol. The zero-order valence-electron chi connectivity index (χ0n) is 12.6. The van der Waals surface area contributed by atoms with Crippen LogP contribution in [0.3, 0.4) is 0 Å². The lowest BCUT2D eigenvalue weighted by molar-refractivity contribution is -0.152. The first-order chi connectivity index (χ1) is 8.90. The summed E-state index contributed by atoms with van der Waals surface area (Å²) in [4.78, 5) is 26.6. The first kappa shape index (κ1) is 16.3. The predicted molar refractivity (Wildman–Crippen MR) is 80.1 cm³/mol. The van der Waals surface area contributed by atoms with Crippen LogP contribution in [0.4, 0.5) is 0 Å². The van der Waals surface area contributed by atoms with Gasteiger partial charge < -0.3 is 10.2 Å². The number of nitrogens with zero attached hydrogens (tertiary/aromatic N) is 1. The highest BCUT2D eigenvalue weighted by atomic mass is 32.2. The van der Waals surface area contributed by atoms with E-state index in [0.717, 1.165) is 12.2 Å². The molecule has 5 heteroatoms. The normalized spacial score (nSPS) is 24.3. The van der Waals surface area contributed by atoms with Gasteiger partial charge in [0.2, 0.25) is 11.8 Å². The minimum absolute atomic E-state index is 0.00236. The fraction of sp³-hybridized carbons (Fsp3) is 0.857. The molecule has 1 rings (SSSR count). The van der Waals surface area contributed by atoms with E-state index in [1.807, 2.05) is 27.7 Å². The third-order valence-corrected chi connectivity index (χ3v) is 4.19. The summed E-state index contributed by atoms with van der Waals surface area (Å²) >= 11 is 1.77. The minimum Gasteiger partial charge on any atom is -0.342 e. The maximum Gasteiger partial charge on any atom is 0.246 e. The molecular formula is C14H26N2O2S. The quantitative estimate of drug-likeness (QED) is 0.757. The van der Waals surface area contributed by atoms with Gasteiger partial charge in [-0.05, 0) is 30.3 Å². The Bertz CT molecular complexity index is 331. The van der Waals surface area contributed by atoms with Crippen LogP contribution in [0.2, 0.25) is 0 Å². The number of carbonyl (C=O) groups is 2. The standard InChI is InChI=1S/C14H26N2O2S/c1-9(2)11-14(18)16(7-6-8-19-5)12(10(3)4)13(17)15-11/h9-12H,6-8H2,1-5H3,(H,15,17). The lowest BCUT2D eigenvalue weighted by Crippen LogP contribution is -2.66. The Kier molecular flexibility index (Phi) is 6.17. The van der Waals surface area contributed by atoms with Crippen LogP contribution in [0.1, 0.15) is 34.1 Å². The molecule has 1 aliphatic heterocycles. The highest BCUT2D eigenvalue weighted by Crippen LogP contribution is 2.21. The van der Waals surface area contributed by atoms with Gasteiger partial charge in [-0.15, -0.1) is 0 Å². The molecule has 2 unspecified atom stereocenters. The van der Waals surface area contributed by atoms with Crippen molar-refractivity contribution in [2.24, 2.45) is 11.8 Å². The first-order valence-corrected chi connectivity index (χ1v) is 8.39. The smallest absolute Gasteiger partial charge is 0.246 e. The zero-order chi connectivity index (χ0) is 14.6. The summed E-state index contributed by atoms with van der Waals surface area (Å²) in [7, 11) is 0.